The van der Waals surface area contributed by atoms with Crippen molar-refractivity contribution >= 4 is 11.6 Å². The van der Waals surface area contributed by atoms with Crippen molar-refractivity contribution in [3.8, 4) is 0 Å². The van der Waals surface area contributed by atoms with Gasteiger partial charge in [0.05, 0.1) is 6.10 Å². The van der Waals surface area contributed by atoms with E-state index in [0.717, 1.165) is 31.6 Å². The Bertz CT molecular complexity index is 938. The molecular weight excluding hydrogens is 410 g/mol. The molecule has 5 nitrogen and oxygen atoms in total. The molecular formula is C28H39N3O2. The van der Waals surface area contributed by atoms with Crippen LogP contribution in [0.3, 0.4) is 0 Å². The molecule has 1 aliphatic heterocycles. The predicted molar refractivity (Wildman–Crippen MR) is 135 cm³/mol. The van der Waals surface area contributed by atoms with Crippen molar-refractivity contribution in [2.75, 3.05) is 31.1 Å². The van der Waals surface area contributed by atoms with Crippen molar-refractivity contribution < 1.29 is 9.90 Å². The van der Waals surface area contributed by atoms with Crippen molar-refractivity contribution in [2.24, 2.45) is 0 Å². The molecule has 1 fully saturated rings. The van der Waals surface area contributed by atoms with Gasteiger partial charge in [0, 0.05) is 50.0 Å². The fourth-order valence-electron chi connectivity index (χ4n) is 5.58. The second-order valence-corrected chi connectivity index (χ2v) is 9.65. The van der Waals surface area contributed by atoms with E-state index in [1.54, 1.807) is 0 Å². The second-order valence-electron chi connectivity index (χ2n) is 9.65. The number of benzene rings is 2. The van der Waals surface area contributed by atoms with Crippen molar-refractivity contribution in [3.05, 3.63) is 64.7 Å². The molecule has 1 heterocycles. The number of hydrogen-bond acceptors (Lipinski definition) is 4. The van der Waals surface area contributed by atoms with Gasteiger partial charge in [0.15, 0.2) is 0 Å². The Kier molecular flexibility index (Phi) is 8.05. The van der Waals surface area contributed by atoms with Crippen LogP contribution in [0.4, 0.5) is 5.69 Å². The average molecular weight is 450 g/mol. The number of nitrogens with zero attached hydrogens (tertiary/aromatic N) is 2. The zero-order chi connectivity index (χ0) is 23.2. The van der Waals surface area contributed by atoms with Crippen LogP contribution in [0.1, 0.15) is 66.1 Å². The summed E-state index contributed by atoms with van der Waals surface area (Å²) in [6.07, 6.45) is 6.81. The van der Waals surface area contributed by atoms with Crippen LogP contribution in [0.2, 0.25) is 0 Å². The molecule has 5 heteroatoms. The first-order chi connectivity index (χ1) is 16.1. The summed E-state index contributed by atoms with van der Waals surface area (Å²) in [6.45, 7) is 7.84. The fourth-order valence-corrected chi connectivity index (χ4v) is 5.58. The minimum atomic E-state index is -0.586. The topological polar surface area (TPSA) is 55.8 Å². The van der Waals surface area contributed by atoms with Crippen LogP contribution >= 0.6 is 0 Å². The summed E-state index contributed by atoms with van der Waals surface area (Å²) < 4.78 is 0. The molecule has 4 rings (SSSR count). The number of fused-ring (bicyclic) bond motifs is 1. The highest BCUT2D eigenvalue weighted by atomic mass is 16.3. The molecule has 33 heavy (non-hydrogen) atoms. The van der Waals surface area contributed by atoms with E-state index in [1.807, 2.05) is 12.1 Å². The smallest absolute Gasteiger partial charge is 0.251 e. The number of carbonyl (C=O) groups is 1. The normalized spacial score (nSPS) is 17.9. The molecule has 1 atom stereocenters. The third-order valence-corrected chi connectivity index (χ3v) is 7.39. The van der Waals surface area contributed by atoms with Crippen molar-refractivity contribution in [1.82, 2.24) is 10.2 Å². The molecule has 0 aromatic heterocycles. The van der Waals surface area contributed by atoms with Crippen LogP contribution in [0.15, 0.2) is 42.5 Å². The molecule has 1 unspecified atom stereocenters. The van der Waals surface area contributed by atoms with E-state index >= 15 is 0 Å². The third-order valence-electron chi connectivity index (χ3n) is 7.39. The Labute approximate surface area is 198 Å². The Morgan fingerprint density at radius 3 is 2.64 bits per heavy atom. The van der Waals surface area contributed by atoms with Crippen molar-refractivity contribution in [1.29, 1.82) is 0 Å². The number of hydrogen-bond donors (Lipinski definition) is 2. The van der Waals surface area contributed by atoms with Gasteiger partial charge in [0.1, 0.15) is 0 Å². The lowest BCUT2D eigenvalue weighted by Crippen LogP contribution is -2.42. The van der Waals surface area contributed by atoms with E-state index < -0.39 is 6.10 Å². The molecule has 1 amide bonds. The van der Waals surface area contributed by atoms with Gasteiger partial charge < -0.3 is 15.3 Å². The van der Waals surface area contributed by atoms with Gasteiger partial charge in [-0.25, -0.2) is 0 Å². The Balaban J connectivity index is 1.34. The quantitative estimate of drug-likeness (QED) is 0.631. The zero-order valence-corrected chi connectivity index (χ0v) is 20.2. The monoisotopic (exact) mass is 449 g/mol. The van der Waals surface area contributed by atoms with Gasteiger partial charge in [-0.1, -0.05) is 49.6 Å². The van der Waals surface area contributed by atoms with Crippen LogP contribution in [0.5, 0.6) is 0 Å². The van der Waals surface area contributed by atoms with E-state index in [2.05, 4.69) is 59.3 Å². The van der Waals surface area contributed by atoms with Crippen LogP contribution in [-0.2, 0) is 13.0 Å². The lowest BCUT2D eigenvalue weighted by Gasteiger charge is -2.36. The van der Waals surface area contributed by atoms with Crippen LogP contribution in [0.25, 0.3) is 0 Å². The molecule has 1 aliphatic carbocycles. The lowest BCUT2D eigenvalue weighted by atomic mass is 9.93. The van der Waals surface area contributed by atoms with Gasteiger partial charge >= 0.3 is 0 Å². The lowest BCUT2D eigenvalue weighted by molar-refractivity contribution is 0.0841. The summed E-state index contributed by atoms with van der Waals surface area (Å²) >= 11 is 0. The summed E-state index contributed by atoms with van der Waals surface area (Å²) in [4.78, 5) is 17.8. The maximum absolute atomic E-state index is 13.0. The SMILES string of the molecule is CCN(c1cccc(C(=O)NCC(O)CN2CCc3ccccc3C2)c1C)C1CCCCC1. The number of aliphatic hydroxyl groups is 1. The van der Waals surface area contributed by atoms with Gasteiger partial charge in [-0.15, -0.1) is 0 Å². The molecule has 2 aromatic carbocycles. The fraction of sp³-hybridized carbons (Fsp3) is 0.536. The molecule has 0 radical (unpaired) electrons. The number of nitrogens with one attached hydrogen (secondary N) is 1. The van der Waals surface area contributed by atoms with Crippen LogP contribution in [0, 0.1) is 6.92 Å². The molecule has 0 saturated heterocycles. The van der Waals surface area contributed by atoms with Crippen molar-refractivity contribution in [3.63, 3.8) is 0 Å². The Hall–Kier alpha value is -2.37. The third kappa shape index (κ3) is 5.77. The molecule has 2 aliphatic rings. The highest BCUT2D eigenvalue weighted by Crippen LogP contribution is 2.30. The predicted octanol–water partition coefficient (Wildman–Crippen LogP) is 4.30. The van der Waals surface area contributed by atoms with Gasteiger partial charge in [0.25, 0.3) is 5.91 Å². The number of aliphatic hydroxyl groups excluding tert-OH is 1. The first-order valence-electron chi connectivity index (χ1n) is 12.7. The molecule has 178 valence electrons. The summed E-state index contributed by atoms with van der Waals surface area (Å²) in [5, 5.41) is 13.6. The molecule has 0 bridgehead atoms. The first-order valence-corrected chi connectivity index (χ1v) is 12.7. The van der Waals surface area contributed by atoms with Gasteiger partial charge in [-0.05, 0) is 61.9 Å². The Morgan fingerprint density at radius 1 is 1.12 bits per heavy atom. The number of β-amino-alcohol motifs (C(OH)–C–C–N with tert-alkyl or cyclic N) is 1. The summed E-state index contributed by atoms with van der Waals surface area (Å²) in [7, 11) is 0. The largest absolute Gasteiger partial charge is 0.390 e. The maximum Gasteiger partial charge on any atom is 0.251 e. The molecule has 1 saturated carbocycles. The van der Waals surface area contributed by atoms with E-state index in [-0.39, 0.29) is 12.5 Å². The number of anilines is 1. The minimum Gasteiger partial charge on any atom is -0.390 e. The zero-order valence-electron chi connectivity index (χ0n) is 20.2. The number of amides is 1. The van der Waals surface area contributed by atoms with E-state index in [1.165, 1.54) is 48.9 Å². The highest BCUT2D eigenvalue weighted by molar-refractivity contribution is 5.97. The van der Waals surface area contributed by atoms with Crippen LogP contribution in [-0.4, -0.2) is 54.2 Å². The van der Waals surface area contributed by atoms with Gasteiger partial charge in [0.2, 0.25) is 0 Å². The first kappa shape index (κ1) is 23.8. The molecule has 2 aromatic rings. The van der Waals surface area contributed by atoms with E-state index in [4.69, 9.17) is 0 Å². The summed E-state index contributed by atoms with van der Waals surface area (Å²) in [6, 6.07) is 15.1. The second kappa shape index (κ2) is 11.2. The summed E-state index contributed by atoms with van der Waals surface area (Å²) in [5.41, 5.74) is 5.65. The molecule has 0 spiro atoms. The van der Waals surface area contributed by atoms with Crippen molar-refractivity contribution in [2.45, 2.75) is 71.1 Å². The number of carbonyl (C=O) groups excluding carboxylic acids is 1. The minimum absolute atomic E-state index is 0.0999. The summed E-state index contributed by atoms with van der Waals surface area (Å²) in [5.74, 6) is -0.0999. The van der Waals surface area contributed by atoms with Crippen LogP contribution < -0.4 is 10.2 Å². The highest BCUT2D eigenvalue weighted by Gasteiger charge is 2.24. The van der Waals surface area contributed by atoms with Gasteiger partial charge in [-0.2, -0.15) is 0 Å². The molecule has 2 N–H and O–H groups in total. The van der Waals surface area contributed by atoms with E-state index in [0.29, 0.717) is 18.2 Å². The van der Waals surface area contributed by atoms with E-state index in [9.17, 15) is 9.90 Å². The standard InChI is InChI=1S/C28H39N3O2/c1-3-31(24-12-5-4-6-13-24)27-15-9-14-26(21(27)2)28(33)29-18-25(32)20-30-17-16-22-10-7-8-11-23(22)19-30/h7-11,14-15,24-25,32H,3-6,12-13,16-20H2,1-2H3,(H,29,33). The Morgan fingerprint density at radius 2 is 1.88 bits per heavy atom. The average Bonchev–Trinajstić information content (AvgIpc) is 2.84. The van der Waals surface area contributed by atoms with Gasteiger partial charge in [-0.3, -0.25) is 9.69 Å². The number of rotatable bonds is 8. The maximum atomic E-state index is 13.0.